The summed E-state index contributed by atoms with van der Waals surface area (Å²) in [6.45, 7) is 1.57. The maximum Gasteiger partial charge on any atom is 0.142 e. The van der Waals surface area contributed by atoms with Gasteiger partial charge in [-0.1, -0.05) is 46.9 Å². The summed E-state index contributed by atoms with van der Waals surface area (Å²) < 4.78 is 13.6. The van der Waals surface area contributed by atoms with Crippen LogP contribution < -0.4 is 0 Å². The van der Waals surface area contributed by atoms with Crippen LogP contribution in [0.5, 0.6) is 0 Å². The first kappa shape index (κ1) is 15.6. The highest BCUT2D eigenvalue weighted by molar-refractivity contribution is 6.35. The molecule has 0 aliphatic rings. The molecule has 1 atom stereocenters. The summed E-state index contributed by atoms with van der Waals surface area (Å²) >= 11 is 17.6. The van der Waals surface area contributed by atoms with Crippen molar-refractivity contribution in [3.05, 3.63) is 68.4 Å². The van der Waals surface area contributed by atoms with Crippen molar-refractivity contribution in [3.8, 4) is 0 Å². The fraction of sp³-hybridized carbons (Fsp3) is 0.200. The van der Waals surface area contributed by atoms with Crippen molar-refractivity contribution in [2.75, 3.05) is 0 Å². The van der Waals surface area contributed by atoms with Gasteiger partial charge in [-0.3, -0.25) is 0 Å². The first-order chi connectivity index (χ1) is 9.29. The van der Waals surface area contributed by atoms with E-state index in [0.29, 0.717) is 10.6 Å². The van der Waals surface area contributed by atoms with E-state index in [0.717, 1.165) is 11.6 Å². The molecule has 0 fully saturated rings. The molecule has 106 valence electrons. The quantitative estimate of drug-likeness (QED) is 0.762. The summed E-state index contributed by atoms with van der Waals surface area (Å²) in [6, 6.07) is 9.57. The minimum Gasteiger partial charge on any atom is -0.385 e. The molecular weight excluding hydrogens is 322 g/mol. The van der Waals surface area contributed by atoms with Gasteiger partial charge in [0.05, 0.1) is 10.6 Å². The number of benzene rings is 2. The summed E-state index contributed by atoms with van der Waals surface area (Å²) in [7, 11) is 0. The van der Waals surface area contributed by atoms with Crippen molar-refractivity contribution in [2.45, 2.75) is 18.9 Å². The maximum atomic E-state index is 13.6. The van der Waals surface area contributed by atoms with Gasteiger partial charge in [-0.05, 0) is 36.8 Å². The number of hydrogen-bond acceptors (Lipinski definition) is 1. The lowest BCUT2D eigenvalue weighted by atomic mass is 9.89. The van der Waals surface area contributed by atoms with Crippen LogP contribution >= 0.6 is 34.8 Å². The van der Waals surface area contributed by atoms with Gasteiger partial charge in [0, 0.05) is 22.0 Å². The van der Waals surface area contributed by atoms with Crippen LogP contribution in [0.25, 0.3) is 0 Å². The van der Waals surface area contributed by atoms with E-state index < -0.39 is 11.4 Å². The Bertz CT molecular complexity index is 641. The number of halogens is 4. The van der Waals surface area contributed by atoms with E-state index in [-0.39, 0.29) is 16.5 Å². The van der Waals surface area contributed by atoms with Crippen LogP contribution in [0.15, 0.2) is 36.4 Å². The lowest BCUT2D eigenvalue weighted by Gasteiger charge is -2.25. The average molecular weight is 334 g/mol. The maximum absolute atomic E-state index is 13.6. The Labute approximate surface area is 131 Å². The minimum atomic E-state index is -1.33. The molecule has 0 aliphatic heterocycles. The summed E-state index contributed by atoms with van der Waals surface area (Å²) in [5.41, 5.74) is -0.206. The van der Waals surface area contributed by atoms with Gasteiger partial charge in [0.25, 0.3) is 0 Å². The highest BCUT2D eigenvalue weighted by atomic mass is 35.5. The number of hydrogen-bond donors (Lipinski definition) is 1. The zero-order valence-corrected chi connectivity index (χ0v) is 12.9. The third-order valence-electron chi connectivity index (χ3n) is 3.03. The van der Waals surface area contributed by atoms with Crippen LogP contribution in [0.3, 0.4) is 0 Å². The first-order valence-electron chi connectivity index (χ1n) is 5.91. The Morgan fingerprint density at radius 2 is 1.80 bits per heavy atom. The van der Waals surface area contributed by atoms with Gasteiger partial charge < -0.3 is 5.11 Å². The Balaban J connectivity index is 2.37. The predicted octanol–water partition coefficient (Wildman–Crippen LogP) is 5.24. The first-order valence-corrected chi connectivity index (χ1v) is 7.05. The van der Waals surface area contributed by atoms with E-state index in [2.05, 4.69) is 0 Å². The van der Waals surface area contributed by atoms with Crippen molar-refractivity contribution in [1.29, 1.82) is 0 Å². The molecule has 2 rings (SSSR count). The number of aliphatic hydroxyl groups is 1. The second kappa shape index (κ2) is 5.90. The van der Waals surface area contributed by atoms with Gasteiger partial charge in [0.15, 0.2) is 0 Å². The normalized spacial score (nSPS) is 14.1. The molecule has 1 unspecified atom stereocenters. The van der Waals surface area contributed by atoms with Gasteiger partial charge in [0.2, 0.25) is 0 Å². The lowest BCUT2D eigenvalue weighted by Crippen LogP contribution is -2.25. The highest BCUT2D eigenvalue weighted by Gasteiger charge is 2.27. The van der Waals surface area contributed by atoms with Crippen molar-refractivity contribution in [2.24, 2.45) is 0 Å². The molecule has 0 amide bonds. The van der Waals surface area contributed by atoms with Crippen LogP contribution in [-0.2, 0) is 12.0 Å². The standard InChI is InChI=1S/C15H12Cl3FO/c1-15(20,8-9-3-2-4-10(16)5-9)11-6-14(19)13(18)7-12(11)17/h2-7,20H,8H2,1H3. The molecule has 0 aromatic heterocycles. The molecule has 0 spiro atoms. The third-order valence-corrected chi connectivity index (χ3v) is 3.87. The van der Waals surface area contributed by atoms with E-state index in [1.807, 2.05) is 6.07 Å². The molecule has 2 aromatic rings. The van der Waals surface area contributed by atoms with Crippen molar-refractivity contribution in [3.63, 3.8) is 0 Å². The van der Waals surface area contributed by atoms with Crippen LogP contribution in [-0.4, -0.2) is 5.11 Å². The Kier molecular flexibility index (Phi) is 4.60. The van der Waals surface area contributed by atoms with Gasteiger partial charge in [0.1, 0.15) is 5.82 Å². The van der Waals surface area contributed by atoms with E-state index in [9.17, 15) is 9.50 Å². The second-order valence-corrected chi connectivity index (χ2v) is 6.08. The molecule has 0 heterocycles. The summed E-state index contributed by atoms with van der Waals surface area (Å²) in [5.74, 6) is -0.613. The summed E-state index contributed by atoms with van der Waals surface area (Å²) in [5, 5.41) is 11.3. The molecule has 0 radical (unpaired) electrons. The summed E-state index contributed by atoms with van der Waals surface area (Å²) in [4.78, 5) is 0. The number of rotatable bonds is 3. The predicted molar refractivity (Wildman–Crippen MR) is 81.1 cm³/mol. The van der Waals surface area contributed by atoms with Gasteiger partial charge in [-0.2, -0.15) is 0 Å². The zero-order valence-electron chi connectivity index (χ0n) is 10.6. The molecular formula is C15H12Cl3FO. The monoisotopic (exact) mass is 332 g/mol. The fourth-order valence-corrected chi connectivity index (χ4v) is 2.87. The van der Waals surface area contributed by atoms with Crippen LogP contribution in [0, 0.1) is 5.82 Å². The highest BCUT2D eigenvalue weighted by Crippen LogP contribution is 2.34. The Morgan fingerprint density at radius 1 is 1.10 bits per heavy atom. The van der Waals surface area contributed by atoms with Crippen molar-refractivity contribution in [1.82, 2.24) is 0 Å². The van der Waals surface area contributed by atoms with Crippen molar-refractivity contribution < 1.29 is 9.50 Å². The molecule has 0 saturated carbocycles. The van der Waals surface area contributed by atoms with Gasteiger partial charge in [-0.15, -0.1) is 0 Å². The topological polar surface area (TPSA) is 20.2 Å². The molecule has 0 aliphatic carbocycles. The third kappa shape index (κ3) is 3.44. The lowest BCUT2D eigenvalue weighted by molar-refractivity contribution is 0.0574. The van der Waals surface area contributed by atoms with Crippen LogP contribution in [0.4, 0.5) is 4.39 Å². The molecule has 1 N–H and O–H groups in total. The van der Waals surface area contributed by atoms with E-state index in [4.69, 9.17) is 34.8 Å². The largest absolute Gasteiger partial charge is 0.385 e. The Hall–Kier alpha value is -0.800. The van der Waals surface area contributed by atoms with Crippen LogP contribution in [0.2, 0.25) is 15.1 Å². The SMILES string of the molecule is CC(O)(Cc1cccc(Cl)c1)c1cc(F)c(Cl)cc1Cl. The Morgan fingerprint density at radius 3 is 2.45 bits per heavy atom. The van der Waals surface area contributed by atoms with Gasteiger partial charge >= 0.3 is 0 Å². The summed E-state index contributed by atoms with van der Waals surface area (Å²) in [6.07, 6.45) is 0.258. The molecule has 0 bridgehead atoms. The van der Waals surface area contributed by atoms with E-state index in [1.165, 1.54) is 6.07 Å². The van der Waals surface area contributed by atoms with Gasteiger partial charge in [-0.25, -0.2) is 4.39 Å². The minimum absolute atomic E-state index is 0.0719. The zero-order chi connectivity index (χ0) is 14.9. The van der Waals surface area contributed by atoms with E-state index in [1.54, 1.807) is 25.1 Å². The molecule has 2 aromatic carbocycles. The molecule has 20 heavy (non-hydrogen) atoms. The second-order valence-electron chi connectivity index (χ2n) is 4.83. The average Bonchev–Trinajstić information content (AvgIpc) is 2.33. The fourth-order valence-electron chi connectivity index (χ4n) is 2.07. The van der Waals surface area contributed by atoms with E-state index >= 15 is 0 Å². The van der Waals surface area contributed by atoms with Crippen molar-refractivity contribution >= 4 is 34.8 Å². The molecule has 1 nitrogen and oxygen atoms in total. The van der Waals surface area contributed by atoms with Crippen LogP contribution in [0.1, 0.15) is 18.1 Å². The molecule has 0 saturated heterocycles. The smallest absolute Gasteiger partial charge is 0.142 e. The molecule has 5 heteroatoms.